The highest BCUT2D eigenvalue weighted by Gasteiger charge is 2.51. The highest BCUT2D eigenvalue weighted by Crippen LogP contribution is 2.42. The second-order valence-corrected chi connectivity index (χ2v) is 8.04. The van der Waals surface area contributed by atoms with Gasteiger partial charge in [0.2, 0.25) is 0 Å². The first-order valence-corrected chi connectivity index (χ1v) is 10.3. The topological polar surface area (TPSA) is 62.0 Å². The standard InChI is InChI=1S/C23H25FN2O3/c24-18-11-9-17(10-12-18)21(27)15-23(29)19-7-3-4-8-20(19)26(22(23)28)16-25-13-5-1-2-6-14-25/h3-4,7-12,29H,1-2,5-6,13-16H2/p+1/t23-/m0/s1. The Labute approximate surface area is 169 Å². The molecule has 4 rings (SSSR count). The van der Waals surface area contributed by atoms with E-state index >= 15 is 0 Å². The van der Waals surface area contributed by atoms with E-state index in [2.05, 4.69) is 0 Å². The number of benzene rings is 2. The van der Waals surface area contributed by atoms with Gasteiger partial charge in [0.1, 0.15) is 5.82 Å². The van der Waals surface area contributed by atoms with Gasteiger partial charge in [0, 0.05) is 11.1 Å². The number of nitrogens with one attached hydrogen (secondary N) is 1. The molecule has 0 spiro atoms. The Hall–Kier alpha value is -2.57. The number of nitrogens with zero attached hydrogens (tertiary/aromatic N) is 1. The molecular formula is C23H26FN2O3+. The first-order chi connectivity index (χ1) is 14.0. The minimum Gasteiger partial charge on any atom is -0.375 e. The second kappa shape index (κ2) is 8.05. The summed E-state index contributed by atoms with van der Waals surface area (Å²) < 4.78 is 13.2. The van der Waals surface area contributed by atoms with Gasteiger partial charge in [-0.2, -0.15) is 0 Å². The zero-order valence-corrected chi connectivity index (χ0v) is 16.4. The Kier molecular flexibility index (Phi) is 5.48. The SMILES string of the molecule is O=C(C[C@@]1(O)C(=O)N(C[NH+]2CCCCCC2)c2ccccc21)c1ccc(F)cc1. The van der Waals surface area contributed by atoms with Gasteiger partial charge in [-0.1, -0.05) is 18.2 Å². The molecule has 0 unspecified atom stereocenters. The molecule has 2 aliphatic heterocycles. The van der Waals surface area contributed by atoms with Crippen LogP contribution in [0.2, 0.25) is 0 Å². The van der Waals surface area contributed by atoms with E-state index in [0.29, 0.717) is 17.9 Å². The van der Waals surface area contributed by atoms with Crippen molar-refractivity contribution in [1.82, 2.24) is 0 Å². The van der Waals surface area contributed by atoms with Gasteiger partial charge in [0.15, 0.2) is 18.1 Å². The molecule has 2 aliphatic rings. The van der Waals surface area contributed by atoms with Gasteiger partial charge in [-0.05, 0) is 56.0 Å². The van der Waals surface area contributed by atoms with Crippen molar-refractivity contribution in [1.29, 1.82) is 0 Å². The zero-order chi connectivity index (χ0) is 20.4. The first kappa shape index (κ1) is 19.7. The fraction of sp³-hybridized carbons (Fsp3) is 0.391. The minimum absolute atomic E-state index is 0.279. The molecule has 2 heterocycles. The predicted molar refractivity (Wildman–Crippen MR) is 107 cm³/mol. The summed E-state index contributed by atoms with van der Waals surface area (Å²) in [6.45, 7) is 2.49. The van der Waals surface area contributed by atoms with Crippen LogP contribution in [-0.4, -0.2) is 36.6 Å². The molecule has 1 fully saturated rings. The van der Waals surface area contributed by atoms with Crippen molar-refractivity contribution in [2.45, 2.75) is 37.7 Å². The summed E-state index contributed by atoms with van der Waals surface area (Å²) >= 11 is 0. The summed E-state index contributed by atoms with van der Waals surface area (Å²) in [5.74, 6) is -1.28. The van der Waals surface area contributed by atoms with Crippen LogP contribution in [0.1, 0.15) is 48.0 Å². The normalized spacial score (nSPS) is 22.4. The number of carbonyl (C=O) groups excluding carboxylic acids is 2. The number of fused-ring (bicyclic) bond motifs is 1. The lowest BCUT2D eigenvalue weighted by Gasteiger charge is -2.26. The number of carbonyl (C=O) groups is 2. The summed E-state index contributed by atoms with van der Waals surface area (Å²) in [5.41, 5.74) is -0.479. The largest absolute Gasteiger partial charge is 0.375 e. The number of likely N-dealkylation sites (tertiary alicyclic amines) is 1. The smallest absolute Gasteiger partial charge is 0.268 e. The van der Waals surface area contributed by atoms with E-state index in [4.69, 9.17) is 0 Å². The maximum atomic E-state index is 13.3. The van der Waals surface area contributed by atoms with E-state index in [1.165, 1.54) is 42.0 Å². The van der Waals surface area contributed by atoms with Crippen LogP contribution in [0.3, 0.4) is 0 Å². The van der Waals surface area contributed by atoms with Gasteiger partial charge in [0.25, 0.3) is 5.91 Å². The molecule has 152 valence electrons. The average molecular weight is 397 g/mol. The lowest BCUT2D eigenvalue weighted by atomic mass is 9.88. The van der Waals surface area contributed by atoms with E-state index in [1.54, 1.807) is 17.0 Å². The van der Waals surface area contributed by atoms with Crippen molar-refractivity contribution in [2.75, 3.05) is 24.7 Å². The van der Waals surface area contributed by atoms with E-state index in [9.17, 15) is 19.1 Å². The minimum atomic E-state index is -1.90. The average Bonchev–Trinajstić information content (AvgIpc) is 2.91. The van der Waals surface area contributed by atoms with Gasteiger partial charge in [-0.3, -0.25) is 14.5 Å². The molecule has 1 saturated heterocycles. The van der Waals surface area contributed by atoms with Gasteiger partial charge >= 0.3 is 0 Å². The number of para-hydroxylation sites is 1. The Morgan fingerprint density at radius 1 is 1.03 bits per heavy atom. The third-order valence-corrected chi connectivity index (χ3v) is 6.01. The van der Waals surface area contributed by atoms with Crippen molar-refractivity contribution >= 4 is 17.4 Å². The summed E-state index contributed by atoms with van der Waals surface area (Å²) in [4.78, 5) is 29.0. The zero-order valence-electron chi connectivity index (χ0n) is 16.4. The van der Waals surface area contributed by atoms with Crippen LogP contribution in [0.4, 0.5) is 10.1 Å². The molecule has 0 radical (unpaired) electrons. The van der Waals surface area contributed by atoms with Gasteiger partial charge < -0.3 is 10.0 Å². The van der Waals surface area contributed by atoms with Crippen LogP contribution in [0.5, 0.6) is 0 Å². The Morgan fingerprint density at radius 2 is 1.69 bits per heavy atom. The fourth-order valence-corrected chi connectivity index (χ4v) is 4.41. The lowest BCUT2D eigenvalue weighted by Crippen LogP contribution is -3.13. The molecule has 5 nitrogen and oxygen atoms in total. The number of hydrogen-bond donors (Lipinski definition) is 2. The van der Waals surface area contributed by atoms with E-state index in [-0.39, 0.29) is 17.8 Å². The Morgan fingerprint density at radius 3 is 2.38 bits per heavy atom. The molecule has 0 bridgehead atoms. The third-order valence-electron chi connectivity index (χ3n) is 6.01. The number of Topliss-reactive ketones (excluding diaryl/α,β-unsaturated/α-hetero) is 1. The monoisotopic (exact) mass is 397 g/mol. The highest BCUT2D eigenvalue weighted by molar-refractivity contribution is 6.10. The molecule has 0 aliphatic carbocycles. The molecule has 29 heavy (non-hydrogen) atoms. The van der Waals surface area contributed by atoms with Gasteiger partial charge in [0.05, 0.1) is 25.2 Å². The highest BCUT2D eigenvalue weighted by atomic mass is 19.1. The molecule has 6 heteroatoms. The number of halogens is 1. The summed E-state index contributed by atoms with van der Waals surface area (Å²) in [6, 6.07) is 12.3. The van der Waals surface area contributed by atoms with Crippen molar-refractivity contribution in [2.24, 2.45) is 0 Å². The molecule has 0 aromatic heterocycles. The third kappa shape index (κ3) is 3.82. The Bertz CT molecular complexity index is 907. The van der Waals surface area contributed by atoms with Crippen molar-refractivity contribution in [3.8, 4) is 0 Å². The molecule has 2 aromatic carbocycles. The molecule has 2 aromatic rings. The van der Waals surface area contributed by atoms with Crippen LogP contribution in [0, 0.1) is 5.82 Å². The molecule has 2 N–H and O–H groups in total. The predicted octanol–water partition coefficient (Wildman–Crippen LogP) is 2.05. The van der Waals surface area contributed by atoms with Gasteiger partial charge in [-0.25, -0.2) is 4.39 Å². The van der Waals surface area contributed by atoms with E-state index in [0.717, 1.165) is 25.9 Å². The molecule has 0 saturated carbocycles. The molecule has 1 amide bonds. The van der Waals surface area contributed by atoms with Crippen LogP contribution in [-0.2, 0) is 10.4 Å². The first-order valence-electron chi connectivity index (χ1n) is 10.3. The number of hydrogen-bond acceptors (Lipinski definition) is 3. The summed E-state index contributed by atoms with van der Waals surface area (Å²) in [7, 11) is 0. The number of amides is 1. The van der Waals surface area contributed by atoms with Crippen LogP contribution in [0.15, 0.2) is 48.5 Å². The lowest BCUT2D eigenvalue weighted by molar-refractivity contribution is -0.898. The maximum absolute atomic E-state index is 13.3. The quantitative estimate of drug-likeness (QED) is 0.760. The van der Waals surface area contributed by atoms with Crippen molar-refractivity contribution in [3.63, 3.8) is 0 Å². The number of ketones is 1. The van der Waals surface area contributed by atoms with Crippen molar-refractivity contribution < 1.29 is 24.0 Å². The van der Waals surface area contributed by atoms with E-state index in [1.807, 2.05) is 12.1 Å². The number of rotatable bonds is 5. The second-order valence-electron chi connectivity index (χ2n) is 8.04. The fourth-order valence-electron chi connectivity index (χ4n) is 4.41. The Balaban J connectivity index is 1.60. The van der Waals surface area contributed by atoms with Crippen LogP contribution >= 0.6 is 0 Å². The van der Waals surface area contributed by atoms with Gasteiger partial charge in [-0.15, -0.1) is 0 Å². The molecule has 1 atom stereocenters. The summed E-state index contributed by atoms with van der Waals surface area (Å²) in [6.07, 6.45) is 4.33. The van der Waals surface area contributed by atoms with E-state index < -0.39 is 17.3 Å². The van der Waals surface area contributed by atoms with Crippen LogP contribution in [0.25, 0.3) is 0 Å². The maximum Gasteiger partial charge on any atom is 0.268 e. The number of quaternary nitrogens is 1. The van der Waals surface area contributed by atoms with Crippen molar-refractivity contribution in [3.05, 3.63) is 65.5 Å². The number of aliphatic hydroxyl groups is 1. The molecular weight excluding hydrogens is 371 g/mol. The number of anilines is 1. The summed E-state index contributed by atoms with van der Waals surface area (Å²) in [5, 5.41) is 11.4. The van der Waals surface area contributed by atoms with Crippen LogP contribution < -0.4 is 9.80 Å².